The van der Waals surface area contributed by atoms with Crippen molar-refractivity contribution in [2.75, 3.05) is 6.61 Å². The van der Waals surface area contributed by atoms with Crippen molar-refractivity contribution >= 4 is 12.0 Å². The van der Waals surface area contributed by atoms with E-state index in [1.165, 1.54) is 0 Å². The number of carboxylic acids is 1. The molecular weight excluding hydrogens is 308 g/mol. The van der Waals surface area contributed by atoms with Crippen molar-refractivity contribution in [3.63, 3.8) is 0 Å². The Morgan fingerprint density at radius 1 is 1.25 bits per heavy atom. The Kier molecular flexibility index (Phi) is 6.66. The molecule has 0 aliphatic heterocycles. The maximum atomic E-state index is 12.0. The fourth-order valence-electron chi connectivity index (χ4n) is 2.84. The summed E-state index contributed by atoms with van der Waals surface area (Å²) in [5, 5.41) is 14.7. The Morgan fingerprint density at radius 3 is 2.62 bits per heavy atom. The number of hydrogen-bond donors (Lipinski definition) is 3. The van der Waals surface area contributed by atoms with E-state index in [4.69, 9.17) is 9.84 Å². The van der Waals surface area contributed by atoms with E-state index in [0.717, 1.165) is 11.3 Å². The SMILES string of the molecule is C=CCOc1ccccc1CNC(=O)NC1CCC(C(=O)O)CC1. The average Bonchev–Trinajstić information content (AvgIpc) is 2.59. The molecule has 3 N–H and O–H groups in total. The summed E-state index contributed by atoms with van der Waals surface area (Å²) in [6.07, 6.45) is 4.29. The van der Waals surface area contributed by atoms with Gasteiger partial charge in [0.2, 0.25) is 0 Å². The summed E-state index contributed by atoms with van der Waals surface area (Å²) < 4.78 is 5.56. The van der Waals surface area contributed by atoms with Crippen LogP contribution in [0.4, 0.5) is 4.79 Å². The summed E-state index contributed by atoms with van der Waals surface area (Å²) in [7, 11) is 0. The van der Waals surface area contributed by atoms with Crippen molar-refractivity contribution in [1.82, 2.24) is 10.6 Å². The molecule has 0 saturated heterocycles. The maximum absolute atomic E-state index is 12.0. The summed E-state index contributed by atoms with van der Waals surface area (Å²) in [4.78, 5) is 23.0. The number of amides is 2. The molecule has 2 rings (SSSR count). The Labute approximate surface area is 141 Å². The van der Waals surface area contributed by atoms with Gasteiger partial charge in [0.05, 0.1) is 5.92 Å². The number of urea groups is 1. The van der Waals surface area contributed by atoms with Crippen LogP contribution in [0.3, 0.4) is 0 Å². The molecule has 0 atom stereocenters. The fraction of sp³-hybridized carbons (Fsp3) is 0.444. The van der Waals surface area contributed by atoms with Gasteiger partial charge in [-0.05, 0) is 31.7 Å². The van der Waals surface area contributed by atoms with Gasteiger partial charge in [0.15, 0.2) is 0 Å². The second kappa shape index (κ2) is 8.96. The minimum absolute atomic E-state index is 0.0351. The van der Waals surface area contributed by atoms with Crippen LogP contribution in [0.15, 0.2) is 36.9 Å². The number of carbonyl (C=O) groups is 2. The predicted octanol–water partition coefficient (Wildman–Crippen LogP) is 2.69. The Bertz CT molecular complexity index is 580. The Morgan fingerprint density at radius 2 is 1.96 bits per heavy atom. The third-order valence-corrected chi connectivity index (χ3v) is 4.18. The number of carbonyl (C=O) groups excluding carboxylic acids is 1. The van der Waals surface area contributed by atoms with E-state index in [-0.39, 0.29) is 18.0 Å². The average molecular weight is 332 g/mol. The molecule has 1 aliphatic rings. The quantitative estimate of drug-likeness (QED) is 0.670. The van der Waals surface area contributed by atoms with Gasteiger partial charge in [-0.2, -0.15) is 0 Å². The highest BCUT2D eigenvalue weighted by molar-refractivity contribution is 5.74. The molecule has 1 aliphatic carbocycles. The first kappa shape index (κ1) is 17.8. The maximum Gasteiger partial charge on any atom is 0.315 e. The minimum atomic E-state index is -0.742. The van der Waals surface area contributed by atoms with Crippen LogP contribution in [0.5, 0.6) is 5.75 Å². The Hall–Kier alpha value is -2.50. The lowest BCUT2D eigenvalue weighted by Gasteiger charge is -2.26. The number of aliphatic carboxylic acids is 1. The molecule has 24 heavy (non-hydrogen) atoms. The van der Waals surface area contributed by atoms with Crippen LogP contribution < -0.4 is 15.4 Å². The first-order valence-corrected chi connectivity index (χ1v) is 8.19. The molecule has 2 amide bonds. The van der Waals surface area contributed by atoms with Gasteiger partial charge in [0.25, 0.3) is 0 Å². The number of ether oxygens (including phenoxy) is 1. The topological polar surface area (TPSA) is 87.7 Å². The normalized spacial score (nSPS) is 20.0. The second-order valence-electron chi connectivity index (χ2n) is 5.92. The van der Waals surface area contributed by atoms with Gasteiger partial charge in [-0.3, -0.25) is 4.79 Å². The van der Waals surface area contributed by atoms with E-state index in [1.807, 2.05) is 24.3 Å². The van der Waals surface area contributed by atoms with Gasteiger partial charge in [0, 0.05) is 18.2 Å². The first-order chi connectivity index (χ1) is 11.6. The summed E-state index contributed by atoms with van der Waals surface area (Å²) in [5.41, 5.74) is 0.893. The third kappa shape index (κ3) is 5.30. The third-order valence-electron chi connectivity index (χ3n) is 4.18. The van der Waals surface area contributed by atoms with Crippen molar-refractivity contribution in [2.24, 2.45) is 5.92 Å². The zero-order valence-electron chi connectivity index (χ0n) is 13.7. The van der Waals surface area contributed by atoms with Gasteiger partial charge in [-0.25, -0.2) is 4.79 Å². The van der Waals surface area contributed by atoms with E-state index in [0.29, 0.717) is 38.8 Å². The standard InChI is InChI=1S/C18H24N2O4/c1-2-11-24-16-6-4-3-5-14(16)12-19-18(23)20-15-9-7-13(8-10-15)17(21)22/h2-6,13,15H,1,7-12H2,(H,21,22)(H2,19,20,23). The van der Waals surface area contributed by atoms with E-state index >= 15 is 0 Å². The molecule has 1 saturated carbocycles. The van der Waals surface area contributed by atoms with Crippen LogP contribution in [-0.2, 0) is 11.3 Å². The molecule has 1 fully saturated rings. The molecule has 0 spiro atoms. The van der Waals surface area contributed by atoms with Crippen LogP contribution in [0.1, 0.15) is 31.2 Å². The number of rotatable bonds is 7. The van der Waals surface area contributed by atoms with Crippen LogP contribution in [0.25, 0.3) is 0 Å². The van der Waals surface area contributed by atoms with Crippen LogP contribution in [0, 0.1) is 5.92 Å². The molecule has 6 heteroatoms. The predicted molar refractivity (Wildman–Crippen MR) is 90.9 cm³/mol. The van der Waals surface area contributed by atoms with Crippen molar-refractivity contribution in [3.05, 3.63) is 42.5 Å². The van der Waals surface area contributed by atoms with Crippen molar-refractivity contribution < 1.29 is 19.4 Å². The summed E-state index contributed by atoms with van der Waals surface area (Å²) in [5.74, 6) is -0.298. The number of para-hydroxylation sites is 1. The fourth-order valence-corrected chi connectivity index (χ4v) is 2.84. The molecule has 1 aromatic carbocycles. The monoisotopic (exact) mass is 332 g/mol. The van der Waals surface area contributed by atoms with Crippen molar-refractivity contribution in [2.45, 2.75) is 38.3 Å². The van der Waals surface area contributed by atoms with Crippen molar-refractivity contribution in [3.8, 4) is 5.75 Å². The van der Waals surface area contributed by atoms with Crippen LogP contribution in [-0.4, -0.2) is 29.8 Å². The molecule has 0 heterocycles. The minimum Gasteiger partial charge on any atom is -0.489 e. The van der Waals surface area contributed by atoms with Gasteiger partial charge < -0.3 is 20.5 Å². The lowest BCUT2D eigenvalue weighted by atomic mass is 9.86. The number of nitrogens with one attached hydrogen (secondary N) is 2. The molecule has 0 unspecified atom stereocenters. The van der Waals surface area contributed by atoms with Crippen molar-refractivity contribution in [1.29, 1.82) is 0 Å². The molecule has 0 bridgehead atoms. The van der Waals surface area contributed by atoms with Gasteiger partial charge in [-0.1, -0.05) is 30.9 Å². The van der Waals surface area contributed by atoms with Crippen LogP contribution >= 0.6 is 0 Å². The molecule has 1 aromatic rings. The molecular formula is C18H24N2O4. The molecule has 0 radical (unpaired) electrons. The number of benzene rings is 1. The Balaban J connectivity index is 1.78. The van der Waals surface area contributed by atoms with E-state index in [9.17, 15) is 9.59 Å². The zero-order chi connectivity index (χ0) is 17.4. The number of hydrogen-bond acceptors (Lipinski definition) is 3. The lowest BCUT2D eigenvalue weighted by molar-refractivity contribution is -0.142. The summed E-state index contributed by atoms with van der Waals surface area (Å²) in [6.45, 7) is 4.40. The summed E-state index contributed by atoms with van der Waals surface area (Å²) >= 11 is 0. The van der Waals surface area contributed by atoms with Crippen LogP contribution in [0.2, 0.25) is 0 Å². The highest BCUT2D eigenvalue weighted by Gasteiger charge is 2.26. The second-order valence-corrected chi connectivity index (χ2v) is 5.92. The summed E-state index contributed by atoms with van der Waals surface area (Å²) in [6, 6.07) is 7.31. The highest BCUT2D eigenvalue weighted by atomic mass is 16.5. The van der Waals surface area contributed by atoms with E-state index in [2.05, 4.69) is 17.2 Å². The zero-order valence-corrected chi connectivity index (χ0v) is 13.7. The highest BCUT2D eigenvalue weighted by Crippen LogP contribution is 2.24. The molecule has 6 nitrogen and oxygen atoms in total. The largest absolute Gasteiger partial charge is 0.489 e. The van der Waals surface area contributed by atoms with E-state index < -0.39 is 5.97 Å². The van der Waals surface area contributed by atoms with Gasteiger partial charge in [-0.15, -0.1) is 0 Å². The first-order valence-electron chi connectivity index (χ1n) is 8.19. The molecule has 0 aromatic heterocycles. The van der Waals surface area contributed by atoms with Gasteiger partial charge in [0.1, 0.15) is 12.4 Å². The lowest BCUT2D eigenvalue weighted by Crippen LogP contribution is -2.43. The molecule has 130 valence electrons. The van der Waals surface area contributed by atoms with Gasteiger partial charge >= 0.3 is 12.0 Å². The smallest absolute Gasteiger partial charge is 0.315 e. The number of carboxylic acid groups (broad SMARTS) is 1. The van der Waals surface area contributed by atoms with E-state index in [1.54, 1.807) is 6.08 Å².